The largest absolute Gasteiger partial charge is 0.457 e. The highest BCUT2D eigenvalue weighted by molar-refractivity contribution is 6.32. The van der Waals surface area contributed by atoms with Crippen molar-refractivity contribution in [1.29, 1.82) is 0 Å². The molecule has 0 heterocycles. The van der Waals surface area contributed by atoms with Crippen LogP contribution in [0.5, 0.6) is 23.0 Å². The summed E-state index contributed by atoms with van der Waals surface area (Å²) in [7, 11) is 0. The average molecular weight is 297 g/mol. The van der Waals surface area contributed by atoms with Crippen LogP contribution in [0.25, 0.3) is 0 Å². The highest BCUT2D eigenvalue weighted by Gasteiger charge is 2.06. The summed E-state index contributed by atoms with van der Waals surface area (Å²) in [6, 6.07) is 24.5. The smallest absolute Gasteiger partial charge is 0.146 e. The van der Waals surface area contributed by atoms with Gasteiger partial charge in [-0.15, -0.1) is 0 Å². The maximum atomic E-state index is 6.24. The Balaban J connectivity index is 1.77. The van der Waals surface area contributed by atoms with Crippen LogP contribution in [-0.4, -0.2) is 0 Å². The van der Waals surface area contributed by atoms with E-state index in [-0.39, 0.29) is 0 Å². The summed E-state index contributed by atoms with van der Waals surface area (Å²) >= 11 is 6.24. The SMILES string of the molecule is Clc1cc(Oc2ccccc2)ccc1Oc1ccccc1. The van der Waals surface area contributed by atoms with Crippen LogP contribution in [-0.2, 0) is 0 Å². The molecule has 0 saturated heterocycles. The summed E-state index contributed by atoms with van der Waals surface area (Å²) in [4.78, 5) is 0. The van der Waals surface area contributed by atoms with Crippen molar-refractivity contribution < 1.29 is 9.47 Å². The van der Waals surface area contributed by atoms with Crippen molar-refractivity contribution in [2.24, 2.45) is 0 Å². The van der Waals surface area contributed by atoms with Crippen LogP contribution < -0.4 is 9.47 Å². The topological polar surface area (TPSA) is 18.5 Å². The standard InChI is InChI=1S/C18H13ClO2/c19-17-13-16(20-14-7-3-1-4-8-14)11-12-18(17)21-15-9-5-2-6-10-15/h1-13H. The van der Waals surface area contributed by atoms with Crippen LogP contribution in [0.3, 0.4) is 0 Å². The normalized spacial score (nSPS) is 10.1. The molecular weight excluding hydrogens is 284 g/mol. The Morgan fingerprint density at radius 2 is 1.14 bits per heavy atom. The molecule has 0 spiro atoms. The number of rotatable bonds is 4. The molecular formula is C18H13ClO2. The van der Waals surface area contributed by atoms with Crippen molar-refractivity contribution in [3.8, 4) is 23.0 Å². The van der Waals surface area contributed by atoms with E-state index >= 15 is 0 Å². The van der Waals surface area contributed by atoms with E-state index in [1.165, 1.54) is 0 Å². The maximum Gasteiger partial charge on any atom is 0.146 e. The molecule has 3 aromatic rings. The van der Waals surface area contributed by atoms with Crippen LogP contribution in [0.4, 0.5) is 0 Å². The summed E-state index contributed by atoms with van der Waals surface area (Å²) in [5, 5.41) is 0.507. The molecule has 0 aliphatic rings. The number of hydrogen-bond acceptors (Lipinski definition) is 2. The molecule has 0 bridgehead atoms. The molecule has 0 fully saturated rings. The van der Waals surface area contributed by atoms with Gasteiger partial charge in [-0.1, -0.05) is 48.0 Å². The van der Waals surface area contributed by atoms with E-state index in [4.69, 9.17) is 21.1 Å². The van der Waals surface area contributed by atoms with Crippen LogP contribution in [0.1, 0.15) is 0 Å². The first-order chi connectivity index (χ1) is 10.3. The summed E-state index contributed by atoms with van der Waals surface area (Å²) in [6.45, 7) is 0. The zero-order valence-corrected chi connectivity index (χ0v) is 12.0. The van der Waals surface area contributed by atoms with Crippen molar-refractivity contribution in [1.82, 2.24) is 0 Å². The van der Waals surface area contributed by atoms with Gasteiger partial charge in [0.15, 0.2) is 0 Å². The first kappa shape index (κ1) is 13.5. The molecule has 3 heteroatoms. The van der Waals surface area contributed by atoms with E-state index < -0.39 is 0 Å². The van der Waals surface area contributed by atoms with Crippen molar-refractivity contribution in [3.05, 3.63) is 83.9 Å². The van der Waals surface area contributed by atoms with Crippen molar-refractivity contribution in [2.75, 3.05) is 0 Å². The van der Waals surface area contributed by atoms with Crippen LogP contribution in [0, 0.1) is 0 Å². The molecule has 0 amide bonds. The highest BCUT2D eigenvalue weighted by Crippen LogP contribution is 2.33. The van der Waals surface area contributed by atoms with Crippen molar-refractivity contribution in [3.63, 3.8) is 0 Å². The first-order valence-electron chi connectivity index (χ1n) is 6.56. The average Bonchev–Trinajstić information content (AvgIpc) is 2.52. The maximum absolute atomic E-state index is 6.24. The molecule has 0 radical (unpaired) electrons. The van der Waals surface area contributed by atoms with Gasteiger partial charge in [0.25, 0.3) is 0 Å². The molecule has 21 heavy (non-hydrogen) atoms. The predicted octanol–water partition coefficient (Wildman–Crippen LogP) is 5.92. The van der Waals surface area contributed by atoms with Crippen molar-refractivity contribution >= 4 is 11.6 Å². The Morgan fingerprint density at radius 3 is 1.71 bits per heavy atom. The van der Waals surface area contributed by atoms with E-state index in [9.17, 15) is 0 Å². The van der Waals surface area contributed by atoms with Gasteiger partial charge < -0.3 is 9.47 Å². The number of hydrogen-bond donors (Lipinski definition) is 0. The quantitative estimate of drug-likeness (QED) is 0.594. The molecule has 0 aromatic heterocycles. The highest BCUT2D eigenvalue weighted by atomic mass is 35.5. The van der Waals surface area contributed by atoms with E-state index in [0.29, 0.717) is 16.5 Å². The van der Waals surface area contributed by atoms with Gasteiger partial charge in [0.05, 0.1) is 5.02 Å². The molecule has 0 atom stereocenters. The summed E-state index contributed by atoms with van der Waals surface area (Å²) in [5.41, 5.74) is 0. The number of para-hydroxylation sites is 2. The van der Waals surface area contributed by atoms with E-state index in [1.54, 1.807) is 12.1 Å². The lowest BCUT2D eigenvalue weighted by Crippen LogP contribution is -1.87. The minimum Gasteiger partial charge on any atom is -0.457 e. The van der Waals surface area contributed by atoms with Gasteiger partial charge in [0.1, 0.15) is 23.0 Å². The zero-order valence-electron chi connectivity index (χ0n) is 11.2. The number of halogens is 1. The molecule has 0 aliphatic heterocycles. The Labute approximate surface area is 128 Å². The predicted molar refractivity (Wildman–Crippen MR) is 84.5 cm³/mol. The van der Waals surface area contributed by atoms with Crippen LogP contribution in [0.15, 0.2) is 78.9 Å². The Kier molecular flexibility index (Phi) is 4.08. The third-order valence-electron chi connectivity index (χ3n) is 2.85. The molecule has 0 aliphatic carbocycles. The van der Waals surface area contributed by atoms with Crippen LogP contribution in [0.2, 0.25) is 5.02 Å². The molecule has 0 unspecified atom stereocenters. The Bertz CT molecular complexity index is 712. The second-order valence-corrected chi connectivity index (χ2v) is 4.83. The van der Waals surface area contributed by atoms with E-state index in [2.05, 4.69) is 0 Å². The van der Waals surface area contributed by atoms with Gasteiger partial charge >= 0.3 is 0 Å². The zero-order chi connectivity index (χ0) is 14.5. The second-order valence-electron chi connectivity index (χ2n) is 4.42. The molecule has 0 saturated carbocycles. The third-order valence-corrected chi connectivity index (χ3v) is 3.15. The second kappa shape index (κ2) is 6.33. The molecule has 2 nitrogen and oxygen atoms in total. The molecule has 3 rings (SSSR count). The lowest BCUT2D eigenvalue weighted by molar-refractivity contribution is 0.469. The monoisotopic (exact) mass is 296 g/mol. The lowest BCUT2D eigenvalue weighted by atomic mass is 10.3. The molecule has 104 valence electrons. The fourth-order valence-electron chi connectivity index (χ4n) is 1.87. The summed E-state index contributed by atoms with van der Waals surface area (Å²) < 4.78 is 11.5. The van der Waals surface area contributed by atoms with Gasteiger partial charge in [-0.25, -0.2) is 0 Å². The van der Waals surface area contributed by atoms with Crippen molar-refractivity contribution in [2.45, 2.75) is 0 Å². The minimum atomic E-state index is 0.507. The van der Waals surface area contributed by atoms with Gasteiger partial charge in [-0.3, -0.25) is 0 Å². The Morgan fingerprint density at radius 1 is 0.571 bits per heavy atom. The van der Waals surface area contributed by atoms with Gasteiger partial charge in [-0.2, -0.15) is 0 Å². The third kappa shape index (κ3) is 3.56. The van der Waals surface area contributed by atoms with Gasteiger partial charge in [0, 0.05) is 6.07 Å². The summed E-state index contributed by atoms with van der Waals surface area (Å²) in [5.74, 6) is 2.79. The molecule has 0 N–H and O–H groups in total. The van der Waals surface area contributed by atoms with E-state index in [0.717, 1.165) is 11.5 Å². The number of ether oxygens (including phenoxy) is 2. The van der Waals surface area contributed by atoms with Gasteiger partial charge in [-0.05, 0) is 36.4 Å². The minimum absolute atomic E-state index is 0.507. The molecule has 3 aromatic carbocycles. The fraction of sp³-hybridized carbons (Fsp3) is 0. The first-order valence-corrected chi connectivity index (χ1v) is 6.94. The lowest BCUT2D eigenvalue weighted by Gasteiger charge is -2.10. The van der Waals surface area contributed by atoms with E-state index in [1.807, 2.05) is 66.7 Å². The number of benzene rings is 3. The Hall–Kier alpha value is -2.45. The summed E-state index contributed by atoms with van der Waals surface area (Å²) in [6.07, 6.45) is 0. The fourth-order valence-corrected chi connectivity index (χ4v) is 2.08. The van der Waals surface area contributed by atoms with Crippen LogP contribution >= 0.6 is 11.6 Å². The van der Waals surface area contributed by atoms with Gasteiger partial charge in [0.2, 0.25) is 0 Å².